The number of carbonyl (C=O) groups is 1. The Labute approximate surface area is 232 Å². The summed E-state index contributed by atoms with van der Waals surface area (Å²) in [6.07, 6.45) is 15.2. The zero-order chi connectivity index (χ0) is 28.1. The van der Waals surface area contributed by atoms with Crippen LogP contribution in [0.2, 0.25) is 0 Å². The molecule has 6 N–H and O–H groups in total. The molecule has 0 amide bonds. The van der Waals surface area contributed by atoms with E-state index in [0.29, 0.717) is 28.6 Å². The van der Waals surface area contributed by atoms with E-state index in [1.807, 2.05) is 0 Å². The van der Waals surface area contributed by atoms with E-state index >= 15 is 0 Å². The molecule has 0 aliphatic heterocycles. The third kappa shape index (κ3) is 4.93. The summed E-state index contributed by atoms with van der Waals surface area (Å²) in [4.78, 5) is 22.0. The van der Waals surface area contributed by atoms with E-state index in [2.05, 4.69) is 31.6 Å². The predicted molar refractivity (Wildman–Crippen MR) is 148 cm³/mol. The number of nitrogens with two attached hydrogens (primary N) is 1. The van der Waals surface area contributed by atoms with Gasteiger partial charge in [-0.2, -0.15) is 5.48 Å². The molecule has 218 valence electrons. The van der Waals surface area contributed by atoms with Gasteiger partial charge in [-0.15, -0.1) is 0 Å². The molecule has 9 nitrogen and oxygen atoms in total. The summed E-state index contributed by atoms with van der Waals surface area (Å²) >= 11 is 0. The SMILES string of the molecule is C[C@H](CCC(=O)O)C1CCC2[C@@H]3CC[C@@H]4C[C@H](NC5=CC=C([N+](=O)[O-])C(N)C5NO)CC[C@]4(C)C3CC[C@@]21C. The van der Waals surface area contributed by atoms with Gasteiger partial charge in [0.1, 0.15) is 6.04 Å². The first kappa shape index (κ1) is 28.6. The summed E-state index contributed by atoms with van der Waals surface area (Å²) < 4.78 is 0. The standard InChI is InChI=1S/C30H48N4O5/c1-17(4-11-26(35)36)21-7-8-22-20-6-5-18-16-19(12-14-29(18,2)23(20)13-15-30(21,22)3)32-24-9-10-25(34(38)39)27(31)28(24)33-37/h9-10,17-23,27-28,32-33,37H,4-8,11-16,31H2,1-3H3,(H,35,36)/t17-,18-,19-,20+,21?,22?,23?,27?,28?,29+,30-/m1/s1. The Kier molecular flexibility index (Phi) is 7.90. The third-order valence-electron chi connectivity index (χ3n) is 12.4. The molecule has 4 fully saturated rings. The Balaban J connectivity index is 1.25. The number of allylic oxidation sites excluding steroid dienone is 2. The largest absolute Gasteiger partial charge is 0.481 e. The number of nitro groups is 1. The average Bonchev–Trinajstić information content (AvgIpc) is 3.24. The lowest BCUT2D eigenvalue weighted by molar-refractivity contribution is -0.430. The van der Waals surface area contributed by atoms with Crippen molar-refractivity contribution >= 4 is 5.97 Å². The Morgan fingerprint density at radius 3 is 2.54 bits per heavy atom. The summed E-state index contributed by atoms with van der Waals surface area (Å²) in [5.41, 5.74) is 9.60. The van der Waals surface area contributed by atoms with E-state index in [1.54, 1.807) is 6.08 Å². The van der Waals surface area contributed by atoms with E-state index in [-0.39, 0.29) is 18.2 Å². The lowest BCUT2D eigenvalue weighted by Gasteiger charge is -2.61. The van der Waals surface area contributed by atoms with Gasteiger partial charge in [-0.3, -0.25) is 14.9 Å². The van der Waals surface area contributed by atoms with Gasteiger partial charge in [0.15, 0.2) is 0 Å². The summed E-state index contributed by atoms with van der Waals surface area (Å²) in [6, 6.07) is -1.37. The molecule has 0 bridgehead atoms. The van der Waals surface area contributed by atoms with Crippen molar-refractivity contribution in [3.63, 3.8) is 0 Å². The highest BCUT2D eigenvalue weighted by Crippen LogP contribution is 2.68. The maximum Gasteiger partial charge on any atom is 0.303 e. The van der Waals surface area contributed by atoms with Crippen LogP contribution in [-0.4, -0.2) is 39.3 Å². The molecule has 0 aromatic rings. The smallest absolute Gasteiger partial charge is 0.303 e. The Morgan fingerprint density at radius 2 is 1.85 bits per heavy atom. The number of carboxylic acid groups (broad SMARTS) is 1. The fourth-order valence-electron chi connectivity index (χ4n) is 10.4. The van der Waals surface area contributed by atoms with Crippen molar-refractivity contribution in [3.8, 4) is 0 Å². The Morgan fingerprint density at radius 1 is 1.13 bits per heavy atom. The number of rotatable bonds is 8. The maximum atomic E-state index is 11.3. The van der Waals surface area contributed by atoms with Gasteiger partial charge in [-0.25, -0.2) is 0 Å². The number of hydrogen-bond acceptors (Lipinski definition) is 7. The van der Waals surface area contributed by atoms with Crippen molar-refractivity contribution in [3.05, 3.63) is 33.7 Å². The molecule has 4 saturated carbocycles. The van der Waals surface area contributed by atoms with Crippen LogP contribution < -0.4 is 16.5 Å². The zero-order valence-electron chi connectivity index (χ0n) is 23.8. The van der Waals surface area contributed by atoms with Gasteiger partial charge in [0.25, 0.3) is 5.70 Å². The first-order valence-corrected chi connectivity index (χ1v) is 15.2. The van der Waals surface area contributed by atoms with Gasteiger partial charge >= 0.3 is 5.97 Å². The summed E-state index contributed by atoms with van der Waals surface area (Å²) in [5.74, 6) is 3.37. The van der Waals surface area contributed by atoms with E-state index in [9.17, 15) is 25.2 Å². The summed E-state index contributed by atoms with van der Waals surface area (Å²) in [6.45, 7) is 7.37. The van der Waals surface area contributed by atoms with Crippen LogP contribution in [0, 0.1) is 56.5 Å². The molecule has 5 aliphatic rings. The number of hydroxylamine groups is 1. The van der Waals surface area contributed by atoms with Crippen LogP contribution in [0.15, 0.2) is 23.5 Å². The second-order valence-corrected chi connectivity index (χ2v) is 14.0. The monoisotopic (exact) mass is 544 g/mol. The average molecular weight is 545 g/mol. The molecule has 0 heterocycles. The molecule has 39 heavy (non-hydrogen) atoms. The molecule has 0 saturated heterocycles. The van der Waals surface area contributed by atoms with Crippen molar-refractivity contribution in [2.75, 3.05) is 0 Å². The molecule has 0 spiro atoms. The molecule has 0 aromatic heterocycles. The van der Waals surface area contributed by atoms with Gasteiger partial charge in [0.05, 0.1) is 11.0 Å². The quantitative estimate of drug-likeness (QED) is 0.215. The van der Waals surface area contributed by atoms with E-state index in [1.165, 1.54) is 51.0 Å². The topological polar surface area (TPSA) is 151 Å². The third-order valence-corrected chi connectivity index (χ3v) is 12.4. The van der Waals surface area contributed by atoms with Gasteiger partial charge in [-0.05, 0) is 117 Å². The van der Waals surface area contributed by atoms with Crippen LogP contribution >= 0.6 is 0 Å². The van der Waals surface area contributed by atoms with Gasteiger partial charge < -0.3 is 21.4 Å². The highest BCUT2D eigenvalue weighted by atomic mass is 16.6. The molecule has 0 radical (unpaired) electrons. The first-order chi connectivity index (χ1) is 18.5. The van der Waals surface area contributed by atoms with Crippen molar-refractivity contribution in [1.29, 1.82) is 0 Å². The normalized spacial score (nSPS) is 44.2. The molecule has 5 rings (SSSR count). The fourth-order valence-corrected chi connectivity index (χ4v) is 10.4. The highest BCUT2D eigenvalue weighted by Gasteiger charge is 2.60. The highest BCUT2D eigenvalue weighted by molar-refractivity contribution is 5.66. The minimum Gasteiger partial charge on any atom is -0.481 e. The lowest BCUT2D eigenvalue weighted by Crippen LogP contribution is -2.56. The molecule has 11 atom stereocenters. The molecule has 5 unspecified atom stereocenters. The number of nitrogens with one attached hydrogen (secondary N) is 2. The predicted octanol–water partition coefficient (Wildman–Crippen LogP) is 4.84. The van der Waals surface area contributed by atoms with Gasteiger partial charge in [0.2, 0.25) is 0 Å². The minimum atomic E-state index is -0.916. The molecular formula is C30H48N4O5. The van der Waals surface area contributed by atoms with E-state index in [0.717, 1.165) is 42.7 Å². The van der Waals surface area contributed by atoms with Crippen LogP contribution in [0.25, 0.3) is 0 Å². The van der Waals surface area contributed by atoms with Crippen LogP contribution in [-0.2, 0) is 4.79 Å². The summed E-state index contributed by atoms with van der Waals surface area (Å²) in [5, 5.41) is 33.9. The maximum absolute atomic E-state index is 11.3. The Hall–Kier alpha value is -1.97. The van der Waals surface area contributed by atoms with Crippen molar-refractivity contribution in [1.82, 2.24) is 10.8 Å². The van der Waals surface area contributed by atoms with Crippen molar-refractivity contribution in [2.24, 2.45) is 52.1 Å². The second-order valence-electron chi connectivity index (χ2n) is 14.0. The number of fused-ring (bicyclic) bond motifs is 5. The minimum absolute atomic E-state index is 0.101. The number of nitrogens with zero attached hydrogens (tertiary/aromatic N) is 1. The summed E-state index contributed by atoms with van der Waals surface area (Å²) in [7, 11) is 0. The molecule has 5 aliphatic carbocycles. The lowest BCUT2D eigenvalue weighted by atomic mass is 9.44. The molecule has 9 heteroatoms. The van der Waals surface area contributed by atoms with Crippen LogP contribution in [0.5, 0.6) is 0 Å². The fraction of sp³-hybridized carbons (Fsp3) is 0.833. The number of carboxylic acids is 1. The second kappa shape index (κ2) is 10.8. The van der Waals surface area contributed by atoms with Gasteiger partial charge in [-0.1, -0.05) is 20.8 Å². The van der Waals surface area contributed by atoms with Crippen LogP contribution in [0.3, 0.4) is 0 Å². The Bertz CT molecular complexity index is 1030. The number of hydrogen-bond donors (Lipinski definition) is 5. The molecular weight excluding hydrogens is 496 g/mol. The van der Waals surface area contributed by atoms with Gasteiger partial charge in [0, 0.05) is 24.2 Å². The van der Waals surface area contributed by atoms with E-state index < -0.39 is 23.0 Å². The van der Waals surface area contributed by atoms with E-state index in [4.69, 9.17) is 5.73 Å². The first-order valence-electron chi connectivity index (χ1n) is 15.2. The molecule has 0 aromatic carbocycles. The van der Waals surface area contributed by atoms with Crippen LogP contribution in [0.4, 0.5) is 0 Å². The van der Waals surface area contributed by atoms with Crippen molar-refractivity contribution < 1.29 is 20.0 Å². The van der Waals surface area contributed by atoms with Crippen molar-refractivity contribution in [2.45, 2.75) is 110 Å². The van der Waals surface area contributed by atoms with Crippen LogP contribution in [0.1, 0.15) is 91.4 Å². The zero-order valence-corrected chi connectivity index (χ0v) is 23.8. The number of aliphatic carboxylic acids is 1.